The Hall–Kier alpha value is -1.15. The van der Waals surface area contributed by atoms with Gasteiger partial charge in [-0.15, -0.1) is 0 Å². The average Bonchev–Trinajstić information content (AvgIpc) is 2.66. The van der Waals surface area contributed by atoms with Crippen LogP contribution in [0.15, 0.2) is 71.7 Å². The standard InChI is InChI=1S/C21H20NOP.2ClH.Ti/c1-15-12-16(2)21(23)20(13-15)24-19-11-7-6-8-17(19)14-22-18-9-4-3-5-10-18;;;/h3-14,23-24H,1-2H3;2*1H;/q;;;+2/p-2. The predicted molar refractivity (Wildman–Crippen MR) is 117 cm³/mol. The monoisotopic (exact) mass is 451 g/mol. The van der Waals surface area contributed by atoms with Crippen molar-refractivity contribution in [2.24, 2.45) is 4.99 Å². The predicted octanol–water partition coefficient (Wildman–Crippen LogP) is 5.77. The van der Waals surface area contributed by atoms with Crippen molar-refractivity contribution in [1.29, 1.82) is 0 Å². The van der Waals surface area contributed by atoms with Crippen LogP contribution in [0, 0.1) is 13.8 Å². The first-order chi connectivity index (χ1) is 13.0. The third-order valence-electron chi connectivity index (χ3n) is 3.78. The normalized spacial score (nSPS) is 10.8. The van der Waals surface area contributed by atoms with Crippen molar-refractivity contribution in [2.45, 2.75) is 13.8 Å². The summed E-state index contributed by atoms with van der Waals surface area (Å²) in [7, 11) is 10.2. The minimum atomic E-state index is -0.556. The molecule has 1 unspecified atom stereocenters. The summed E-state index contributed by atoms with van der Waals surface area (Å²) >= 11 is -0.556. The molecule has 27 heavy (non-hydrogen) atoms. The Balaban J connectivity index is 0.000000817. The fourth-order valence-electron chi connectivity index (χ4n) is 2.58. The van der Waals surface area contributed by atoms with Crippen LogP contribution in [0.25, 0.3) is 0 Å². The van der Waals surface area contributed by atoms with E-state index in [0.29, 0.717) is 14.3 Å². The molecule has 0 aliphatic carbocycles. The van der Waals surface area contributed by atoms with Crippen molar-refractivity contribution < 1.29 is 22.1 Å². The van der Waals surface area contributed by atoms with Crippen molar-refractivity contribution >= 4 is 49.7 Å². The van der Waals surface area contributed by atoms with E-state index in [1.165, 1.54) is 10.9 Å². The SMILES string of the molecule is Cc1cc(C)c(O)c(Pc2ccccc2C=Nc2ccccc2)c1.[Cl][Ti][Cl]. The van der Waals surface area contributed by atoms with E-state index in [9.17, 15) is 5.11 Å². The van der Waals surface area contributed by atoms with Crippen LogP contribution in [0.4, 0.5) is 5.69 Å². The zero-order chi connectivity index (χ0) is 19.6. The summed E-state index contributed by atoms with van der Waals surface area (Å²) < 4.78 is 0. The molecule has 0 aliphatic rings. The summed E-state index contributed by atoms with van der Waals surface area (Å²) in [6.07, 6.45) is 1.90. The van der Waals surface area contributed by atoms with Gasteiger partial charge in [-0.1, -0.05) is 57.1 Å². The van der Waals surface area contributed by atoms with Gasteiger partial charge in [0.2, 0.25) is 0 Å². The molecule has 0 saturated heterocycles. The number of hydrogen-bond donors (Lipinski definition) is 1. The fraction of sp³-hybridized carbons (Fsp3) is 0.0952. The van der Waals surface area contributed by atoms with Gasteiger partial charge in [-0.25, -0.2) is 0 Å². The van der Waals surface area contributed by atoms with Crippen molar-refractivity contribution in [3.8, 4) is 5.75 Å². The zero-order valence-corrected chi connectivity index (χ0v) is 19.2. The molecular formula is C21H20Cl2NOPTi. The third-order valence-corrected chi connectivity index (χ3v) is 5.16. The quantitative estimate of drug-likeness (QED) is 0.305. The van der Waals surface area contributed by atoms with E-state index >= 15 is 0 Å². The van der Waals surface area contributed by atoms with Gasteiger partial charge in [0.15, 0.2) is 0 Å². The summed E-state index contributed by atoms with van der Waals surface area (Å²) in [4.78, 5) is 4.55. The van der Waals surface area contributed by atoms with Crippen molar-refractivity contribution in [1.82, 2.24) is 0 Å². The number of para-hydroxylation sites is 1. The summed E-state index contributed by atoms with van der Waals surface area (Å²) in [5.41, 5.74) is 4.11. The molecular weight excluding hydrogens is 432 g/mol. The molecule has 6 heteroatoms. The fourth-order valence-corrected chi connectivity index (χ4v) is 3.96. The van der Waals surface area contributed by atoms with Gasteiger partial charge in [-0.05, 0) is 48.5 Å². The molecule has 3 rings (SSSR count). The molecule has 2 nitrogen and oxygen atoms in total. The molecule has 0 bridgehead atoms. The molecule has 0 radical (unpaired) electrons. The van der Waals surface area contributed by atoms with E-state index in [4.69, 9.17) is 18.6 Å². The molecule has 0 fully saturated rings. The number of rotatable bonds is 4. The van der Waals surface area contributed by atoms with E-state index in [-0.39, 0.29) is 0 Å². The Morgan fingerprint density at radius 2 is 1.56 bits per heavy atom. The molecule has 3 aromatic rings. The number of aryl methyl sites for hydroxylation is 2. The van der Waals surface area contributed by atoms with E-state index < -0.39 is 17.0 Å². The maximum atomic E-state index is 10.4. The van der Waals surface area contributed by atoms with Crippen molar-refractivity contribution in [2.75, 3.05) is 0 Å². The molecule has 138 valence electrons. The van der Waals surface area contributed by atoms with Gasteiger partial charge >= 0.3 is 35.6 Å². The van der Waals surface area contributed by atoms with Crippen LogP contribution >= 0.6 is 27.2 Å². The summed E-state index contributed by atoms with van der Waals surface area (Å²) in [6.45, 7) is 4.00. The first-order valence-electron chi connectivity index (χ1n) is 8.26. The summed E-state index contributed by atoms with van der Waals surface area (Å²) in [5.74, 6) is 0.397. The van der Waals surface area contributed by atoms with Gasteiger partial charge in [0, 0.05) is 17.1 Å². The van der Waals surface area contributed by atoms with Crippen LogP contribution < -0.4 is 10.6 Å². The molecule has 0 heterocycles. The van der Waals surface area contributed by atoms with E-state index in [0.717, 1.165) is 22.1 Å². The Bertz CT molecular complexity index is 904. The molecule has 1 N–H and O–H groups in total. The third kappa shape index (κ3) is 7.07. The average molecular weight is 452 g/mol. The van der Waals surface area contributed by atoms with Gasteiger partial charge in [-0.3, -0.25) is 4.99 Å². The van der Waals surface area contributed by atoms with Crippen LogP contribution in [0.1, 0.15) is 16.7 Å². The van der Waals surface area contributed by atoms with Crippen molar-refractivity contribution in [3.63, 3.8) is 0 Å². The number of benzene rings is 3. The molecule has 0 aliphatic heterocycles. The second-order valence-corrected chi connectivity index (χ2v) is 9.76. The van der Waals surface area contributed by atoms with Crippen LogP contribution in [0.2, 0.25) is 0 Å². The molecule has 0 spiro atoms. The summed E-state index contributed by atoms with van der Waals surface area (Å²) in [5, 5.41) is 12.5. The first kappa shape index (κ1) is 22.1. The molecule has 0 amide bonds. The molecule has 0 aromatic heterocycles. The van der Waals surface area contributed by atoms with Gasteiger partial charge in [-0.2, -0.15) is 0 Å². The van der Waals surface area contributed by atoms with Crippen LogP contribution in [-0.4, -0.2) is 11.3 Å². The maximum absolute atomic E-state index is 10.4. The number of hydrogen-bond acceptors (Lipinski definition) is 2. The van der Waals surface area contributed by atoms with E-state index in [1.54, 1.807) is 0 Å². The Morgan fingerprint density at radius 3 is 2.26 bits per heavy atom. The number of nitrogens with zero attached hydrogens (tertiary/aromatic N) is 1. The molecule has 0 saturated carbocycles. The Kier molecular flexibility index (Phi) is 9.55. The number of phenols is 1. The van der Waals surface area contributed by atoms with Gasteiger partial charge in [0.05, 0.1) is 5.69 Å². The van der Waals surface area contributed by atoms with E-state index in [2.05, 4.69) is 30.1 Å². The summed E-state index contributed by atoms with van der Waals surface area (Å²) in [6, 6.07) is 22.2. The van der Waals surface area contributed by atoms with Crippen molar-refractivity contribution in [3.05, 3.63) is 83.4 Å². The Morgan fingerprint density at radius 1 is 0.926 bits per heavy atom. The van der Waals surface area contributed by atoms with E-state index in [1.807, 2.05) is 61.7 Å². The zero-order valence-electron chi connectivity index (χ0n) is 15.1. The number of halogens is 2. The molecule has 3 aromatic carbocycles. The van der Waals surface area contributed by atoms with Crippen LogP contribution in [-0.2, 0) is 17.0 Å². The van der Waals surface area contributed by atoms with Crippen LogP contribution in [0.3, 0.4) is 0 Å². The van der Waals surface area contributed by atoms with Gasteiger partial charge < -0.3 is 5.11 Å². The number of phenolic OH excluding ortho intramolecular Hbond substituents is 1. The first-order valence-corrected chi connectivity index (χ1v) is 13.6. The minimum absolute atomic E-state index is 0.393. The van der Waals surface area contributed by atoms with Gasteiger partial charge in [0.1, 0.15) is 5.75 Å². The second kappa shape index (κ2) is 11.6. The number of aliphatic imine (C=N–C) groups is 1. The molecule has 1 atom stereocenters. The number of aromatic hydroxyl groups is 1. The van der Waals surface area contributed by atoms with Crippen LogP contribution in [0.5, 0.6) is 5.75 Å². The topological polar surface area (TPSA) is 32.6 Å². The van der Waals surface area contributed by atoms with Gasteiger partial charge in [0.25, 0.3) is 0 Å². The second-order valence-electron chi connectivity index (χ2n) is 5.86. The Labute approximate surface area is 179 Å².